The molecule has 0 aromatic heterocycles. The minimum Gasteiger partial charge on any atom is -0.497 e. The van der Waals surface area contributed by atoms with Crippen molar-refractivity contribution in [1.29, 1.82) is 0 Å². The fraction of sp³-hybridized carbons (Fsp3) is 0.355. The van der Waals surface area contributed by atoms with E-state index in [4.69, 9.17) is 21.1 Å². The van der Waals surface area contributed by atoms with Crippen LogP contribution in [0.15, 0.2) is 66.7 Å². The molecule has 0 unspecified atom stereocenters. The zero-order chi connectivity index (χ0) is 29.5. The highest BCUT2D eigenvalue weighted by atomic mass is 35.5. The van der Waals surface area contributed by atoms with Gasteiger partial charge in [-0.25, -0.2) is 0 Å². The molecule has 1 saturated heterocycles. The van der Waals surface area contributed by atoms with E-state index in [1.165, 1.54) is 0 Å². The average Bonchev–Trinajstić information content (AvgIpc) is 3.36. The van der Waals surface area contributed by atoms with E-state index in [0.29, 0.717) is 39.7 Å². The average molecular weight is 595 g/mol. The summed E-state index contributed by atoms with van der Waals surface area (Å²) in [5, 5.41) is 13.1. The molecule has 216 valence electrons. The van der Waals surface area contributed by atoms with E-state index in [0.717, 1.165) is 5.56 Å². The van der Waals surface area contributed by atoms with Gasteiger partial charge in [-0.05, 0) is 79.7 Å². The van der Waals surface area contributed by atoms with Gasteiger partial charge in [0.1, 0.15) is 5.75 Å². The number of rotatable bonds is 8. The molecule has 4 atom stereocenters. The van der Waals surface area contributed by atoms with Gasteiger partial charge in [0.05, 0.1) is 25.4 Å². The van der Waals surface area contributed by atoms with E-state index in [1.54, 1.807) is 60.5 Å². The number of anilines is 2. The number of hydrogen-bond donors (Lipinski definition) is 3. The third-order valence-corrected chi connectivity index (χ3v) is 11.0. The van der Waals surface area contributed by atoms with Crippen LogP contribution in [0.25, 0.3) is 0 Å². The number of carbonyl (C=O) groups is 2. The minimum atomic E-state index is -2.77. The lowest BCUT2D eigenvalue weighted by Crippen LogP contribution is -2.46. The summed E-state index contributed by atoms with van der Waals surface area (Å²) in [6, 6.07) is 19.6. The van der Waals surface area contributed by atoms with Crippen LogP contribution < -0.4 is 15.0 Å². The summed E-state index contributed by atoms with van der Waals surface area (Å²) in [5.74, 6) is -0.0941. The quantitative estimate of drug-likeness (QED) is 0.304. The maximum absolute atomic E-state index is 14.3. The second-order valence-corrected chi connectivity index (χ2v) is 15.7. The van der Waals surface area contributed by atoms with E-state index >= 15 is 0 Å². The first-order chi connectivity index (χ1) is 19.5. The summed E-state index contributed by atoms with van der Waals surface area (Å²) in [7, 11) is -1.20. The monoisotopic (exact) mass is 594 g/mol. The summed E-state index contributed by atoms with van der Waals surface area (Å²) in [4.78, 5) is 39.9. The molecule has 3 N–H and O–H groups in total. The van der Waals surface area contributed by atoms with Crippen LogP contribution in [-0.2, 0) is 21.7 Å². The van der Waals surface area contributed by atoms with Gasteiger partial charge in [0.15, 0.2) is 13.9 Å². The van der Waals surface area contributed by atoms with Gasteiger partial charge in [-0.3, -0.25) is 9.59 Å². The Morgan fingerprint density at radius 2 is 1.80 bits per heavy atom. The normalized spacial score (nSPS) is 23.6. The van der Waals surface area contributed by atoms with Gasteiger partial charge in [-0.1, -0.05) is 30.7 Å². The summed E-state index contributed by atoms with van der Waals surface area (Å²) in [5.41, 5.74) is 1.85. The number of hydrogen-bond acceptors (Lipinski definition) is 6. The molecule has 2 heterocycles. The number of aliphatic hydroxyl groups excluding tert-OH is 1. The Labute approximate surface area is 246 Å². The highest BCUT2D eigenvalue weighted by Crippen LogP contribution is 2.60. The zero-order valence-electron chi connectivity index (χ0n) is 23.6. The first kappa shape index (κ1) is 29.3. The van der Waals surface area contributed by atoms with Crippen molar-refractivity contribution < 1.29 is 29.0 Å². The minimum absolute atomic E-state index is 0.101. The molecular weight excluding hydrogens is 560 g/mol. The Morgan fingerprint density at radius 1 is 1.12 bits per heavy atom. The molecule has 0 bridgehead atoms. The van der Waals surface area contributed by atoms with Gasteiger partial charge >= 0.3 is 0 Å². The molecule has 0 aliphatic carbocycles. The van der Waals surface area contributed by atoms with E-state index in [2.05, 4.69) is 5.32 Å². The summed E-state index contributed by atoms with van der Waals surface area (Å²) in [6.45, 7) is 5.85. The number of amides is 2. The fourth-order valence-electron chi connectivity index (χ4n) is 6.43. The van der Waals surface area contributed by atoms with Gasteiger partial charge in [0.25, 0.3) is 11.8 Å². The van der Waals surface area contributed by atoms with E-state index < -0.39 is 20.0 Å². The van der Waals surface area contributed by atoms with Crippen LogP contribution in [0.1, 0.15) is 34.8 Å². The first-order valence-corrected chi connectivity index (χ1v) is 17.1. The molecule has 5 rings (SSSR count). The molecule has 0 radical (unpaired) electrons. The molecule has 1 spiro atoms. The number of nitrogens with one attached hydrogen (secondary N) is 1. The molecule has 2 amide bonds. The molecule has 0 saturated carbocycles. The highest BCUT2D eigenvalue weighted by molar-refractivity contribution is 6.71. The topological polar surface area (TPSA) is 108 Å². The van der Waals surface area contributed by atoms with Crippen molar-refractivity contribution in [3.63, 3.8) is 0 Å². The maximum Gasteiger partial charge on any atom is 0.264 e. The largest absolute Gasteiger partial charge is 0.497 e. The van der Waals surface area contributed by atoms with Crippen LogP contribution >= 0.6 is 11.6 Å². The van der Waals surface area contributed by atoms with Crippen LogP contribution in [0, 0.1) is 5.92 Å². The molecule has 10 heteroatoms. The standard InChI is InChI=1S/C31H35ClN2O6Si/c1-19-28(41(3,4)38)27(15-16-35)40-31(19)25-17-22(32)9-14-26(25)34(30(31)37)18-20-5-10-23(11-6-20)33-29(36)21-7-12-24(39-2)13-8-21/h5-14,17,19,27-28,35,38H,15-16,18H2,1-4H3,(H,33,36)/t19-,27+,28-,31+/m0/s1. The van der Waals surface area contributed by atoms with Crippen molar-refractivity contribution in [3.05, 3.63) is 88.4 Å². The smallest absolute Gasteiger partial charge is 0.264 e. The van der Waals surface area contributed by atoms with Gasteiger partial charge in [0.2, 0.25) is 0 Å². The van der Waals surface area contributed by atoms with Gasteiger partial charge in [-0.2, -0.15) is 0 Å². The third-order valence-electron chi connectivity index (χ3n) is 8.26. The molecule has 8 nitrogen and oxygen atoms in total. The van der Waals surface area contributed by atoms with Crippen LogP contribution in [0.5, 0.6) is 5.75 Å². The second-order valence-electron chi connectivity index (χ2n) is 11.3. The van der Waals surface area contributed by atoms with Gasteiger partial charge < -0.3 is 29.6 Å². The van der Waals surface area contributed by atoms with Crippen LogP contribution in [0.4, 0.5) is 11.4 Å². The Bertz CT molecular complexity index is 1440. The summed E-state index contributed by atoms with van der Waals surface area (Å²) in [6.07, 6.45) is -0.119. The number of fused-ring (bicyclic) bond motifs is 2. The molecule has 41 heavy (non-hydrogen) atoms. The zero-order valence-corrected chi connectivity index (χ0v) is 25.3. The van der Waals surface area contributed by atoms with Crippen molar-refractivity contribution in [2.45, 2.75) is 50.2 Å². The Kier molecular flexibility index (Phi) is 8.02. The van der Waals surface area contributed by atoms with E-state index in [1.807, 2.05) is 38.2 Å². The second kappa shape index (κ2) is 11.2. The molecular formula is C31H35ClN2O6Si. The number of benzene rings is 3. The number of methoxy groups -OCH3 is 1. The van der Waals surface area contributed by atoms with Crippen LogP contribution in [-0.4, -0.2) is 49.9 Å². The molecule has 2 aliphatic heterocycles. The number of ether oxygens (including phenoxy) is 2. The summed E-state index contributed by atoms with van der Waals surface area (Å²) < 4.78 is 11.7. The number of aliphatic hydroxyl groups is 1. The van der Waals surface area contributed by atoms with E-state index in [-0.39, 0.29) is 36.4 Å². The van der Waals surface area contributed by atoms with Crippen molar-refractivity contribution in [2.75, 3.05) is 23.9 Å². The first-order valence-electron chi connectivity index (χ1n) is 13.7. The SMILES string of the molecule is COc1ccc(C(=O)Nc2ccc(CN3C(=O)[C@]4(O[C@H](CCO)[C@@H]([Si](C)(C)O)[C@@H]4C)c4cc(Cl)ccc43)cc2)cc1. The van der Waals surface area contributed by atoms with Crippen molar-refractivity contribution >= 4 is 43.1 Å². The van der Waals surface area contributed by atoms with Gasteiger partial charge in [-0.15, -0.1) is 0 Å². The van der Waals surface area contributed by atoms with Crippen molar-refractivity contribution in [3.8, 4) is 5.75 Å². The summed E-state index contributed by atoms with van der Waals surface area (Å²) >= 11 is 6.42. The molecule has 1 fully saturated rings. The molecule has 3 aromatic carbocycles. The molecule has 3 aromatic rings. The third kappa shape index (κ3) is 5.28. The Morgan fingerprint density at radius 3 is 2.41 bits per heavy atom. The Balaban J connectivity index is 1.40. The van der Waals surface area contributed by atoms with E-state index in [9.17, 15) is 19.5 Å². The number of nitrogens with zero attached hydrogens (tertiary/aromatic N) is 1. The fourth-order valence-corrected chi connectivity index (χ4v) is 9.20. The predicted molar refractivity (Wildman–Crippen MR) is 161 cm³/mol. The molecule has 2 aliphatic rings. The lowest BCUT2D eigenvalue weighted by Gasteiger charge is -2.32. The van der Waals surface area contributed by atoms with Crippen molar-refractivity contribution in [1.82, 2.24) is 0 Å². The Hall–Kier alpha value is -3.21. The number of halogens is 1. The van der Waals surface area contributed by atoms with Crippen LogP contribution in [0.3, 0.4) is 0 Å². The van der Waals surface area contributed by atoms with Crippen LogP contribution in [0.2, 0.25) is 23.7 Å². The maximum atomic E-state index is 14.3. The highest BCUT2D eigenvalue weighted by Gasteiger charge is 2.66. The lowest BCUT2D eigenvalue weighted by atomic mass is 9.82. The predicted octanol–water partition coefficient (Wildman–Crippen LogP) is 5.33. The number of carbonyl (C=O) groups excluding carboxylic acids is 2. The van der Waals surface area contributed by atoms with Crippen molar-refractivity contribution in [2.24, 2.45) is 5.92 Å². The lowest BCUT2D eigenvalue weighted by molar-refractivity contribution is -0.146. The van der Waals surface area contributed by atoms with Gasteiger partial charge in [0, 0.05) is 39.9 Å².